The molecule has 0 fully saturated rings. The number of hydrogen-bond acceptors (Lipinski definition) is 2. The number of nitrogens with zero attached hydrogens (tertiary/aromatic N) is 2. The van der Waals surface area contributed by atoms with Crippen LogP contribution in [0.3, 0.4) is 0 Å². The van der Waals surface area contributed by atoms with Crippen molar-refractivity contribution in [2.45, 2.75) is 66.2 Å². The Morgan fingerprint density at radius 1 is 0.392 bits per heavy atom. The second-order valence-electron chi connectivity index (χ2n) is 15.9. The molecule has 7 aromatic carbocycles. The quantitative estimate of drug-likeness (QED) is 0.124. The summed E-state index contributed by atoms with van der Waals surface area (Å²) in [5.74, 6) is 0. The lowest BCUT2D eigenvalue weighted by atomic mass is 9.87. The van der Waals surface area contributed by atoms with Gasteiger partial charge in [-0.25, -0.2) is 0 Å². The SMILES string of the molecule is Cc1ccc(N(c2ccc(C(C)(C)C)cc2)c2c3ccccc3c(N(c3ccc(Br)cc3)c3ccc(C(C)(C)C)cc3)c3ccc(C)cc23)cc1. The van der Waals surface area contributed by atoms with E-state index in [0.29, 0.717) is 0 Å². The second kappa shape index (κ2) is 13.4. The monoisotopic (exact) mass is 730 g/mol. The number of fused-ring (bicyclic) bond motifs is 2. The third-order valence-electron chi connectivity index (χ3n) is 9.93. The minimum Gasteiger partial charge on any atom is -0.309 e. The largest absolute Gasteiger partial charge is 0.309 e. The van der Waals surface area contributed by atoms with Gasteiger partial charge in [0.15, 0.2) is 0 Å². The number of hydrogen-bond donors (Lipinski definition) is 0. The maximum absolute atomic E-state index is 3.69. The van der Waals surface area contributed by atoms with Gasteiger partial charge in [-0.05, 0) is 103 Å². The first-order valence-electron chi connectivity index (χ1n) is 17.9. The highest BCUT2D eigenvalue weighted by molar-refractivity contribution is 9.10. The molecule has 3 heteroatoms. The fourth-order valence-electron chi connectivity index (χ4n) is 7.05. The molecule has 0 heterocycles. The highest BCUT2D eigenvalue weighted by Crippen LogP contribution is 2.51. The molecule has 0 spiro atoms. The van der Waals surface area contributed by atoms with E-state index in [1.807, 2.05) is 0 Å². The van der Waals surface area contributed by atoms with E-state index in [4.69, 9.17) is 0 Å². The van der Waals surface area contributed by atoms with Gasteiger partial charge in [-0.3, -0.25) is 0 Å². The van der Waals surface area contributed by atoms with Gasteiger partial charge in [-0.2, -0.15) is 0 Å². The van der Waals surface area contributed by atoms with E-state index < -0.39 is 0 Å². The molecule has 2 nitrogen and oxygen atoms in total. The topological polar surface area (TPSA) is 6.48 Å². The Bertz CT molecular complexity index is 2320. The van der Waals surface area contributed by atoms with Crippen molar-refractivity contribution in [1.29, 1.82) is 0 Å². The molecule has 7 aromatic rings. The summed E-state index contributed by atoms with van der Waals surface area (Å²) in [5, 5.41) is 4.78. The van der Waals surface area contributed by atoms with Gasteiger partial charge in [0.1, 0.15) is 0 Å². The predicted molar refractivity (Wildman–Crippen MR) is 225 cm³/mol. The first-order chi connectivity index (χ1) is 24.3. The molecule has 0 aromatic heterocycles. The van der Waals surface area contributed by atoms with Crippen molar-refractivity contribution in [3.8, 4) is 0 Å². The van der Waals surface area contributed by atoms with E-state index in [0.717, 1.165) is 27.2 Å². The zero-order chi connectivity index (χ0) is 36.1. The van der Waals surface area contributed by atoms with E-state index in [2.05, 4.69) is 221 Å². The van der Waals surface area contributed by atoms with Crippen LogP contribution in [0.4, 0.5) is 34.1 Å². The van der Waals surface area contributed by atoms with Crippen LogP contribution >= 0.6 is 15.9 Å². The molecule has 0 aliphatic heterocycles. The first kappa shape index (κ1) is 34.6. The molecule has 51 heavy (non-hydrogen) atoms. The van der Waals surface area contributed by atoms with Crippen molar-refractivity contribution in [2.24, 2.45) is 0 Å². The lowest BCUT2D eigenvalue weighted by Gasteiger charge is -2.33. The van der Waals surface area contributed by atoms with Crippen molar-refractivity contribution < 1.29 is 0 Å². The minimum absolute atomic E-state index is 0.0596. The van der Waals surface area contributed by atoms with Crippen LogP contribution in [-0.2, 0) is 10.8 Å². The first-order valence-corrected chi connectivity index (χ1v) is 18.7. The molecule has 0 unspecified atom stereocenters. The van der Waals surface area contributed by atoms with Crippen molar-refractivity contribution >= 4 is 71.6 Å². The summed E-state index contributed by atoms with van der Waals surface area (Å²) in [6.45, 7) is 18.0. The van der Waals surface area contributed by atoms with Gasteiger partial charge in [-0.15, -0.1) is 0 Å². The summed E-state index contributed by atoms with van der Waals surface area (Å²) < 4.78 is 1.06. The molecular weight excluding hydrogens is 684 g/mol. The molecule has 0 saturated carbocycles. The molecule has 0 radical (unpaired) electrons. The van der Waals surface area contributed by atoms with Gasteiger partial charge in [0.2, 0.25) is 0 Å². The molecule has 0 N–H and O–H groups in total. The van der Waals surface area contributed by atoms with Crippen LogP contribution in [0, 0.1) is 13.8 Å². The third kappa shape index (κ3) is 6.80. The number of halogens is 1. The molecule has 0 saturated heterocycles. The fraction of sp³-hybridized carbons (Fsp3) is 0.208. The van der Waals surface area contributed by atoms with Gasteiger partial charge in [0, 0.05) is 48.8 Å². The molecule has 0 bridgehead atoms. The van der Waals surface area contributed by atoms with Gasteiger partial charge < -0.3 is 9.80 Å². The Kier molecular flexibility index (Phi) is 9.06. The van der Waals surface area contributed by atoms with E-state index in [1.165, 1.54) is 55.2 Å². The summed E-state index contributed by atoms with van der Waals surface area (Å²) in [6.07, 6.45) is 0. The van der Waals surface area contributed by atoms with Gasteiger partial charge in [-0.1, -0.05) is 141 Å². The lowest BCUT2D eigenvalue weighted by Crippen LogP contribution is -2.16. The average molecular weight is 732 g/mol. The van der Waals surface area contributed by atoms with E-state index in [-0.39, 0.29) is 10.8 Å². The maximum atomic E-state index is 3.69. The van der Waals surface area contributed by atoms with Crippen molar-refractivity contribution in [1.82, 2.24) is 0 Å². The zero-order valence-electron chi connectivity index (χ0n) is 31.1. The summed E-state index contributed by atoms with van der Waals surface area (Å²) in [7, 11) is 0. The van der Waals surface area contributed by atoms with E-state index in [9.17, 15) is 0 Å². The van der Waals surface area contributed by atoms with Crippen LogP contribution in [0.1, 0.15) is 63.8 Å². The average Bonchev–Trinajstić information content (AvgIpc) is 3.10. The predicted octanol–water partition coefficient (Wildman–Crippen LogP) is 14.9. The van der Waals surface area contributed by atoms with Crippen LogP contribution < -0.4 is 9.80 Å². The molecule has 0 aliphatic rings. The number of rotatable bonds is 6. The highest BCUT2D eigenvalue weighted by atomic mass is 79.9. The molecule has 0 aliphatic carbocycles. The molecule has 0 amide bonds. The van der Waals surface area contributed by atoms with Crippen molar-refractivity contribution in [2.75, 3.05) is 9.80 Å². The minimum atomic E-state index is 0.0596. The Morgan fingerprint density at radius 2 is 0.745 bits per heavy atom. The van der Waals surface area contributed by atoms with E-state index in [1.54, 1.807) is 0 Å². The molecular formula is C48H47BrN2. The Hall–Kier alpha value is -4.86. The normalized spacial score (nSPS) is 12.0. The Balaban J connectivity index is 1.58. The smallest absolute Gasteiger partial charge is 0.0620 e. The van der Waals surface area contributed by atoms with Gasteiger partial charge in [0.25, 0.3) is 0 Å². The third-order valence-corrected chi connectivity index (χ3v) is 10.5. The fourth-order valence-corrected chi connectivity index (χ4v) is 7.31. The van der Waals surface area contributed by atoms with Crippen LogP contribution in [0.2, 0.25) is 0 Å². The molecule has 256 valence electrons. The molecule has 0 atom stereocenters. The zero-order valence-corrected chi connectivity index (χ0v) is 32.6. The van der Waals surface area contributed by atoms with Crippen molar-refractivity contribution in [3.63, 3.8) is 0 Å². The summed E-state index contributed by atoms with van der Waals surface area (Å²) in [4.78, 5) is 4.90. The highest BCUT2D eigenvalue weighted by Gasteiger charge is 2.26. The Morgan fingerprint density at radius 3 is 1.18 bits per heavy atom. The van der Waals surface area contributed by atoms with Gasteiger partial charge in [0.05, 0.1) is 11.4 Å². The second-order valence-corrected chi connectivity index (χ2v) is 16.8. The van der Waals surface area contributed by atoms with Crippen LogP contribution in [0.15, 0.2) is 144 Å². The lowest BCUT2D eigenvalue weighted by molar-refractivity contribution is 0.590. The number of anilines is 6. The van der Waals surface area contributed by atoms with Gasteiger partial charge >= 0.3 is 0 Å². The Labute approximate surface area is 312 Å². The van der Waals surface area contributed by atoms with E-state index >= 15 is 0 Å². The van der Waals surface area contributed by atoms with Crippen LogP contribution in [0.25, 0.3) is 21.5 Å². The number of benzene rings is 7. The molecule has 7 rings (SSSR count). The van der Waals surface area contributed by atoms with Crippen LogP contribution in [0.5, 0.6) is 0 Å². The summed E-state index contributed by atoms with van der Waals surface area (Å²) >= 11 is 3.69. The van der Waals surface area contributed by atoms with Crippen molar-refractivity contribution in [3.05, 3.63) is 166 Å². The maximum Gasteiger partial charge on any atom is 0.0620 e. The number of aryl methyl sites for hydroxylation is 2. The standard InChI is InChI=1S/C48H47BrN2/c1-32-13-22-37(23-14-32)51(39-26-18-35(19-27-39)48(6,7)8)46-42-12-10-9-11-41(42)45(43-30-15-33(2)31-44(43)46)50(40-28-20-36(49)21-29-40)38-24-16-34(17-25-38)47(3,4)5/h9-31H,1-8H3. The van der Waals surface area contributed by atoms with Crippen LogP contribution in [-0.4, -0.2) is 0 Å². The summed E-state index contributed by atoms with van der Waals surface area (Å²) in [5.41, 5.74) is 12.1. The summed E-state index contributed by atoms with van der Waals surface area (Å²) in [6, 6.07) is 51.8.